The van der Waals surface area contributed by atoms with Crippen molar-refractivity contribution in [2.24, 2.45) is 5.92 Å². The molecule has 0 radical (unpaired) electrons. The lowest BCUT2D eigenvalue weighted by molar-refractivity contribution is -0.130. The minimum absolute atomic E-state index is 0.726. The third kappa shape index (κ3) is 5.91. The van der Waals surface area contributed by atoms with Gasteiger partial charge in [-0.3, -0.25) is 0 Å². The molecule has 0 amide bonds. The van der Waals surface area contributed by atoms with Crippen molar-refractivity contribution in [3.05, 3.63) is 29.8 Å². The molecule has 2 N–H and O–H groups in total. The molecular weight excluding hydrogens is 262 g/mol. The number of hydrogen-bond acceptors (Lipinski definition) is 2. The Morgan fingerprint density at radius 1 is 1.19 bits per heavy atom. The molecule has 1 aliphatic rings. The van der Waals surface area contributed by atoms with E-state index in [4.69, 9.17) is 5.11 Å². The van der Waals surface area contributed by atoms with Crippen molar-refractivity contribution in [3.8, 4) is 11.8 Å². The molecule has 112 valence electrons. The van der Waals surface area contributed by atoms with Gasteiger partial charge in [0.05, 0.1) is 0 Å². The zero-order valence-corrected chi connectivity index (χ0v) is 12.4. The maximum Gasteiger partial charge on any atom is 0.382 e. The highest BCUT2D eigenvalue weighted by Gasteiger charge is 2.13. The quantitative estimate of drug-likeness (QED) is 0.615. The van der Waals surface area contributed by atoms with Gasteiger partial charge in [-0.1, -0.05) is 44.4 Å². The van der Waals surface area contributed by atoms with Crippen molar-refractivity contribution in [2.45, 2.75) is 44.9 Å². The smallest absolute Gasteiger partial charge is 0.382 e. The lowest BCUT2D eigenvalue weighted by atomic mass is 10.0. The Morgan fingerprint density at radius 3 is 2.57 bits per heavy atom. The molecule has 0 aromatic heterocycles. The molecule has 0 atom stereocenters. The third-order valence-electron chi connectivity index (χ3n) is 4.04. The highest BCUT2D eigenvalue weighted by atomic mass is 16.4. The topological polar surface area (TPSA) is 49.3 Å². The van der Waals surface area contributed by atoms with Crippen molar-refractivity contribution in [3.63, 3.8) is 0 Å². The number of carboxylic acid groups (broad SMARTS) is 1. The first-order valence-corrected chi connectivity index (χ1v) is 7.83. The molecule has 0 bridgehead atoms. The van der Waals surface area contributed by atoms with Crippen LogP contribution in [0.5, 0.6) is 0 Å². The predicted molar refractivity (Wildman–Crippen MR) is 85.3 cm³/mol. The van der Waals surface area contributed by atoms with Crippen LogP contribution in [0.1, 0.15) is 50.5 Å². The van der Waals surface area contributed by atoms with Crippen molar-refractivity contribution < 1.29 is 9.90 Å². The lowest BCUT2D eigenvalue weighted by Crippen LogP contribution is -2.02. The van der Waals surface area contributed by atoms with Crippen LogP contribution in [-0.4, -0.2) is 17.6 Å². The van der Waals surface area contributed by atoms with Crippen molar-refractivity contribution in [1.82, 2.24) is 0 Å². The van der Waals surface area contributed by atoms with E-state index in [-0.39, 0.29) is 0 Å². The Kier molecular flexibility index (Phi) is 6.15. The van der Waals surface area contributed by atoms with E-state index in [0.717, 1.165) is 23.7 Å². The molecule has 2 rings (SSSR count). The summed E-state index contributed by atoms with van der Waals surface area (Å²) in [5.74, 6) is 4.60. The molecule has 0 unspecified atom stereocenters. The summed E-state index contributed by atoms with van der Waals surface area (Å²) in [5.41, 5.74) is 1.79. The normalized spacial score (nSPS) is 14.5. The van der Waals surface area contributed by atoms with E-state index in [1.807, 2.05) is 24.3 Å². The first kappa shape index (κ1) is 15.4. The molecule has 21 heavy (non-hydrogen) atoms. The molecule has 1 saturated carbocycles. The molecule has 1 fully saturated rings. The minimum atomic E-state index is -1.10. The fourth-order valence-electron chi connectivity index (χ4n) is 2.89. The predicted octanol–water partition coefficient (Wildman–Crippen LogP) is 3.90. The molecule has 0 aliphatic heterocycles. The molecule has 0 heterocycles. The zero-order chi connectivity index (χ0) is 14.9. The number of rotatable bonds is 6. The van der Waals surface area contributed by atoms with Gasteiger partial charge in [-0.2, -0.15) is 0 Å². The Morgan fingerprint density at radius 2 is 1.90 bits per heavy atom. The van der Waals surface area contributed by atoms with Crippen LogP contribution in [0.4, 0.5) is 5.69 Å². The summed E-state index contributed by atoms with van der Waals surface area (Å²) >= 11 is 0. The Labute approximate surface area is 126 Å². The van der Waals surface area contributed by atoms with Crippen LogP contribution >= 0.6 is 0 Å². The van der Waals surface area contributed by atoms with E-state index in [0.29, 0.717) is 0 Å². The number of unbranched alkanes of at least 4 members (excludes halogenated alkanes) is 1. The fourth-order valence-corrected chi connectivity index (χ4v) is 2.89. The van der Waals surface area contributed by atoms with Crippen LogP contribution in [0.2, 0.25) is 0 Å². The number of benzene rings is 1. The number of carbonyl (C=O) groups is 1. The number of aliphatic carboxylic acids is 1. The third-order valence-corrected chi connectivity index (χ3v) is 4.04. The van der Waals surface area contributed by atoms with Gasteiger partial charge in [-0.25, -0.2) is 4.79 Å². The molecule has 0 spiro atoms. The molecule has 3 heteroatoms. The monoisotopic (exact) mass is 285 g/mol. The number of carboxylic acids is 1. The van der Waals surface area contributed by atoms with Gasteiger partial charge in [0.25, 0.3) is 0 Å². The SMILES string of the molecule is O=C(O)C#Cc1ccc(NCCCCC2CCCC2)cc1. The zero-order valence-electron chi connectivity index (χ0n) is 12.4. The fraction of sp³-hybridized carbons (Fsp3) is 0.500. The first-order valence-electron chi connectivity index (χ1n) is 7.83. The highest BCUT2D eigenvalue weighted by Crippen LogP contribution is 2.28. The van der Waals surface area contributed by atoms with Crippen molar-refractivity contribution in [1.29, 1.82) is 0 Å². The highest BCUT2D eigenvalue weighted by molar-refractivity contribution is 5.87. The van der Waals surface area contributed by atoms with Gasteiger partial charge in [0.15, 0.2) is 0 Å². The van der Waals surface area contributed by atoms with Crippen LogP contribution in [0.15, 0.2) is 24.3 Å². The van der Waals surface area contributed by atoms with E-state index >= 15 is 0 Å². The number of anilines is 1. The van der Waals surface area contributed by atoms with Gasteiger partial charge in [0.2, 0.25) is 0 Å². The Bertz CT molecular complexity index is 504. The Hall–Kier alpha value is -1.95. The largest absolute Gasteiger partial charge is 0.472 e. The second kappa shape index (κ2) is 8.36. The van der Waals surface area contributed by atoms with Crippen LogP contribution in [0, 0.1) is 17.8 Å². The average Bonchev–Trinajstić information content (AvgIpc) is 2.99. The van der Waals surface area contributed by atoms with E-state index < -0.39 is 5.97 Å². The van der Waals surface area contributed by atoms with E-state index in [2.05, 4.69) is 17.2 Å². The summed E-state index contributed by atoms with van der Waals surface area (Å²) in [4.78, 5) is 10.4. The average molecular weight is 285 g/mol. The number of hydrogen-bond donors (Lipinski definition) is 2. The van der Waals surface area contributed by atoms with Crippen LogP contribution in [0.25, 0.3) is 0 Å². The lowest BCUT2D eigenvalue weighted by Gasteiger charge is -2.09. The van der Waals surface area contributed by atoms with E-state index in [9.17, 15) is 4.79 Å². The van der Waals surface area contributed by atoms with Gasteiger partial charge < -0.3 is 10.4 Å². The van der Waals surface area contributed by atoms with Gasteiger partial charge in [-0.15, -0.1) is 0 Å². The van der Waals surface area contributed by atoms with E-state index in [1.165, 1.54) is 44.9 Å². The molecule has 1 aromatic carbocycles. The maximum atomic E-state index is 10.4. The summed E-state index contributed by atoms with van der Waals surface area (Å²) in [5, 5.41) is 11.9. The van der Waals surface area contributed by atoms with Gasteiger partial charge in [-0.05, 0) is 36.6 Å². The number of nitrogens with one attached hydrogen (secondary N) is 1. The maximum absolute atomic E-state index is 10.4. The first-order chi connectivity index (χ1) is 10.2. The van der Waals surface area contributed by atoms with Gasteiger partial charge in [0.1, 0.15) is 0 Å². The van der Waals surface area contributed by atoms with Gasteiger partial charge >= 0.3 is 5.97 Å². The van der Waals surface area contributed by atoms with E-state index in [1.54, 1.807) is 0 Å². The van der Waals surface area contributed by atoms with Gasteiger partial charge in [0, 0.05) is 23.7 Å². The molecule has 0 saturated heterocycles. The molecule has 1 aromatic rings. The Balaban J connectivity index is 1.64. The minimum Gasteiger partial charge on any atom is -0.472 e. The second-order valence-corrected chi connectivity index (χ2v) is 5.71. The summed E-state index contributed by atoms with van der Waals surface area (Å²) in [6, 6.07) is 7.58. The van der Waals surface area contributed by atoms with Crippen LogP contribution in [-0.2, 0) is 4.79 Å². The van der Waals surface area contributed by atoms with Crippen molar-refractivity contribution >= 4 is 11.7 Å². The van der Waals surface area contributed by atoms with Crippen LogP contribution < -0.4 is 5.32 Å². The molecule has 3 nitrogen and oxygen atoms in total. The van der Waals surface area contributed by atoms with Crippen molar-refractivity contribution in [2.75, 3.05) is 11.9 Å². The molecular formula is C18H23NO2. The second-order valence-electron chi connectivity index (χ2n) is 5.71. The summed E-state index contributed by atoms with van der Waals surface area (Å²) in [6.07, 6.45) is 9.63. The summed E-state index contributed by atoms with van der Waals surface area (Å²) < 4.78 is 0. The molecule has 1 aliphatic carbocycles. The summed E-state index contributed by atoms with van der Waals surface area (Å²) in [7, 11) is 0. The van der Waals surface area contributed by atoms with Crippen LogP contribution in [0.3, 0.4) is 0 Å². The summed E-state index contributed by atoms with van der Waals surface area (Å²) in [6.45, 7) is 0.993. The standard InChI is InChI=1S/C18H23NO2/c20-18(21)13-10-16-8-11-17(12-9-16)19-14-4-3-7-15-5-1-2-6-15/h8-9,11-12,15,19H,1-7,14H2,(H,20,21).